The first-order chi connectivity index (χ1) is 16.3. The molecule has 5 rings (SSSR count). The summed E-state index contributed by atoms with van der Waals surface area (Å²) in [6.07, 6.45) is 2.65. The number of anilines is 1. The zero-order chi connectivity index (χ0) is 22.5. The number of amides is 1. The Morgan fingerprint density at radius 3 is 2.15 bits per heavy atom. The number of hydrogen-bond donors (Lipinski definition) is 1. The summed E-state index contributed by atoms with van der Waals surface area (Å²) in [5.74, 6) is 0.565. The fourth-order valence-corrected chi connectivity index (χ4v) is 5.73. The number of rotatable bonds is 7. The maximum atomic E-state index is 12.9. The van der Waals surface area contributed by atoms with E-state index in [4.69, 9.17) is 4.98 Å². The van der Waals surface area contributed by atoms with Crippen molar-refractivity contribution >= 4 is 32.6 Å². The number of aromatic nitrogens is 1. The van der Waals surface area contributed by atoms with E-state index in [0.717, 1.165) is 43.0 Å². The van der Waals surface area contributed by atoms with Crippen LogP contribution in [0.25, 0.3) is 10.2 Å². The number of nitrogens with zero attached hydrogens (tertiary/aromatic N) is 2. The standard InChI is InChI=1S/C28H29N3OS/c32-27(23-16-19-31(20-17-23)28-30-25-13-7-8-14-26(25)33-28)29-18-15-24(21-9-3-1-4-10-21)22-11-5-2-6-12-22/h1-14,23-24H,15-20H2,(H,29,32). The fourth-order valence-electron chi connectivity index (χ4n) is 4.71. The molecule has 0 spiro atoms. The van der Waals surface area contributed by atoms with Gasteiger partial charge in [0, 0.05) is 31.5 Å². The highest BCUT2D eigenvalue weighted by Crippen LogP contribution is 2.31. The van der Waals surface area contributed by atoms with Crippen molar-refractivity contribution in [1.29, 1.82) is 0 Å². The molecule has 0 bridgehead atoms. The molecule has 1 amide bonds. The summed E-state index contributed by atoms with van der Waals surface area (Å²) in [7, 11) is 0. The number of carbonyl (C=O) groups is 1. The summed E-state index contributed by atoms with van der Waals surface area (Å²) < 4.78 is 1.22. The van der Waals surface area contributed by atoms with Crippen LogP contribution in [0.15, 0.2) is 84.9 Å². The molecular formula is C28H29N3OS. The van der Waals surface area contributed by atoms with Crippen LogP contribution in [0.1, 0.15) is 36.3 Å². The molecule has 0 aliphatic carbocycles. The summed E-state index contributed by atoms with van der Waals surface area (Å²) in [5, 5.41) is 4.30. The highest BCUT2D eigenvalue weighted by atomic mass is 32.1. The Balaban J connectivity index is 1.15. The molecule has 33 heavy (non-hydrogen) atoms. The lowest BCUT2D eigenvalue weighted by atomic mass is 9.88. The first-order valence-electron chi connectivity index (χ1n) is 11.8. The van der Waals surface area contributed by atoms with Gasteiger partial charge >= 0.3 is 0 Å². The second kappa shape index (κ2) is 10.2. The van der Waals surface area contributed by atoms with E-state index in [-0.39, 0.29) is 17.7 Å². The average Bonchev–Trinajstić information content (AvgIpc) is 3.32. The van der Waals surface area contributed by atoms with Gasteiger partial charge in [0.25, 0.3) is 0 Å². The Bertz CT molecular complexity index is 1110. The van der Waals surface area contributed by atoms with E-state index in [2.05, 4.69) is 76.9 Å². The van der Waals surface area contributed by atoms with Crippen LogP contribution in [-0.4, -0.2) is 30.5 Å². The molecule has 3 aromatic carbocycles. The molecule has 0 saturated carbocycles. The lowest BCUT2D eigenvalue weighted by Crippen LogP contribution is -2.41. The van der Waals surface area contributed by atoms with Crippen LogP contribution in [0.5, 0.6) is 0 Å². The molecule has 1 fully saturated rings. The maximum absolute atomic E-state index is 12.9. The summed E-state index contributed by atoms with van der Waals surface area (Å²) in [4.78, 5) is 20.0. The molecule has 1 aliphatic heterocycles. The van der Waals surface area contributed by atoms with Crippen LogP contribution in [0, 0.1) is 5.92 Å². The summed E-state index contributed by atoms with van der Waals surface area (Å²) in [6.45, 7) is 2.45. The minimum Gasteiger partial charge on any atom is -0.356 e. The third-order valence-corrected chi connectivity index (χ3v) is 7.65. The van der Waals surface area contributed by atoms with Gasteiger partial charge in [-0.15, -0.1) is 0 Å². The van der Waals surface area contributed by atoms with E-state index in [1.54, 1.807) is 11.3 Å². The zero-order valence-electron chi connectivity index (χ0n) is 18.7. The van der Waals surface area contributed by atoms with E-state index in [1.165, 1.54) is 15.8 Å². The summed E-state index contributed by atoms with van der Waals surface area (Å²) >= 11 is 1.74. The van der Waals surface area contributed by atoms with Gasteiger partial charge in [-0.2, -0.15) is 0 Å². The SMILES string of the molecule is O=C(NCCC(c1ccccc1)c1ccccc1)C1CCN(c2nc3ccccc3s2)CC1. The average molecular weight is 456 g/mol. The number of benzene rings is 3. The number of nitrogens with one attached hydrogen (secondary N) is 1. The van der Waals surface area contributed by atoms with Crippen molar-refractivity contribution in [2.45, 2.75) is 25.2 Å². The molecule has 1 N–H and O–H groups in total. The minimum atomic E-state index is 0.0857. The zero-order valence-corrected chi connectivity index (χ0v) is 19.5. The number of para-hydroxylation sites is 1. The second-order valence-electron chi connectivity index (χ2n) is 8.68. The Morgan fingerprint density at radius 1 is 0.909 bits per heavy atom. The Labute approximate surface area is 199 Å². The lowest BCUT2D eigenvalue weighted by Gasteiger charge is -2.31. The molecule has 1 aromatic heterocycles. The quantitative estimate of drug-likeness (QED) is 0.380. The molecular weight excluding hydrogens is 426 g/mol. The van der Waals surface area contributed by atoms with Crippen molar-refractivity contribution in [3.63, 3.8) is 0 Å². The van der Waals surface area contributed by atoms with E-state index >= 15 is 0 Å². The molecule has 5 heteroatoms. The number of thiazole rings is 1. The van der Waals surface area contributed by atoms with Gasteiger partial charge in [-0.25, -0.2) is 4.98 Å². The van der Waals surface area contributed by atoms with E-state index in [0.29, 0.717) is 6.54 Å². The summed E-state index contributed by atoms with van der Waals surface area (Å²) in [5.41, 5.74) is 3.65. The van der Waals surface area contributed by atoms with Gasteiger partial charge in [-0.3, -0.25) is 4.79 Å². The normalized spacial score (nSPS) is 14.6. The Kier molecular flexibility index (Phi) is 6.68. The van der Waals surface area contributed by atoms with Gasteiger partial charge in [-0.1, -0.05) is 84.1 Å². The van der Waals surface area contributed by atoms with Crippen molar-refractivity contribution in [3.8, 4) is 0 Å². The van der Waals surface area contributed by atoms with Crippen LogP contribution in [0.2, 0.25) is 0 Å². The van der Waals surface area contributed by atoms with Gasteiger partial charge in [-0.05, 0) is 42.5 Å². The van der Waals surface area contributed by atoms with Crippen molar-refractivity contribution in [1.82, 2.24) is 10.3 Å². The van der Waals surface area contributed by atoms with Crippen LogP contribution < -0.4 is 10.2 Å². The van der Waals surface area contributed by atoms with Crippen molar-refractivity contribution in [2.75, 3.05) is 24.5 Å². The van der Waals surface area contributed by atoms with Crippen molar-refractivity contribution in [3.05, 3.63) is 96.1 Å². The molecule has 1 saturated heterocycles. The first kappa shape index (κ1) is 21.7. The first-order valence-corrected chi connectivity index (χ1v) is 12.6. The van der Waals surface area contributed by atoms with Gasteiger partial charge in [0.1, 0.15) is 0 Å². The fraction of sp³-hybridized carbons (Fsp3) is 0.286. The molecule has 1 aliphatic rings. The predicted molar refractivity (Wildman–Crippen MR) is 137 cm³/mol. The minimum absolute atomic E-state index is 0.0857. The second-order valence-corrected chi connectivity index (χ2v) is 9.69. The lowest BCUT2D eigenvalue weighted by molar-refractivity contribution is -0.125. The smallest absolute Gasteiger partial charge is 0.223 e. The number of fused-ring (bicyclic) bond motifs is 1. The highest BCUT2D eigenvalue weighted by Gasteiger charge is 2.26. The maximum Gasteiger partial charge on any atom is 0.223 e. The number of piperidine rings is 1. The van der Waals surface area contributed by atoms with Gasteiger partial charge < -0.3 is 10.2 Å². The van der Waals surface area contributed by atoms with Crippen molar-refractivity contribution < 1.29 is 4.79 Å². The number of carbonyl (C=O) groups excluding carboxylic acids is 1. The third-order valence-electron chi connectivity index (χ3n) is 6.55. The molecule has 2 heterocycles. The van der Waals surface area contributed by atoms with Gasteiger partial charge in [0.05, 0.1) is 10.2 Å². The van der Waals surface area contributed by atoms with Gasteiger partial charge in [0.15, 0.2) is 5.13 Å². The van der Waals surface area contributed by atoms with Gasteiger partial charge in [0.2, 0.25) is 5.91 Å². The van der Waals surface area contributed by atoms with E-state index < -0.39 is 0 Å². The largest absolute Gasteiger partial charge is 0.356 e. The van der Waals surface area contributed by atoms with Crippen molar-refractivity contribution in [2.24, 2.45) is 5.92 Å². The molecule has 168 valence electrons. The molecule has 0 radical (unpaired) electrons. The van der Waals surface area contributed by atoms with Crippen LogP contribution in [0.4, 0.5) is 5.13 Å². The van der Waals surface area contributed by atoms with Crippen LogP contribution in [0.3, 0.4) is 0 Å². The molecule has 0 unspecified atom stereocenters. The van der Waals surface area contributed by atoms with E-state index in [1.807, 2.05) is 18.2 Å². The summed E-state index contributed by atoms with van der Waals surface area (Å²) in [6, 6.07) is 29.4. The van der Waals surface area contributed by atoms with Crippen LogP contribution >= 0.6 is 11.3 Å². The molecule has 0 atom stereocenters. The molecule has 4 nitrogen and oxygen atoms in total. The monoisotopic (exact) mass is 455 g/mol. The highest BCUT2D eigenvalue weighted by molar-refractivity contribution is 7.22. The molecule has 4 aromatic rings. The predicted octanol–water partition coefficient (Wildman–Crippen LogP) is 5.85. The number of hydrogen-bond acceptors (Lipinski definition) is 4. The Hall–Kier alpha value is -3.18. The Morgan fingerprint density at radius 2 is 1.52 bits per heavy atom. The third kappa shape index (κ3) is 5.09. The van der Waals surface area contributed by atoms with E-state index in [9.17, 15) is 4.79 Å². The van der Waals surface area contributed by atoms with Crippen LogP contribution in [-0.2, 0) is 4.79 Å². The topological polar surface area (TPSA) is 45.2 Å².